The van der Waals surface area contributed by atoms with E-state index in [1.165, 1.54) is 0 Å². The Morgan fingerprint density at radius 1 is 1.50 bits per heavy atom. The molecule has 90 valence electrons. The summed E-state index contributed by atoms with van der Waals surface area (Å²) in [6.45, 7) is 8.14. The lowest BCUT2D eigenvalue weighted by Gasteiger charge is -2.33. The van der Waals surface area contributed by atoms with E-state index in [0.717, 1.165) is 44.8 Å². The summed E-state index contributed by atoms with van der Waals surface area (Å²) in [5.74, 6) is 0. The van der Waals surface area contributed by atoms with Gasteiger partial charge in [-0.15, -0.1) is 0 Å². The number of aromatic nitrogens is 2. The molecule has 0 radical (unpaired) electrons. The quantitative estimate of drug-likeness (QED) is 0.850. The van der Waals surface area contributed by atoms with E-state index in [1.54, 1.807) is 0 Å². The molecule has 1 saturated heterocycles. The van der Waals surface area contributed by atoms with Crippen LogP contribution in [0.3, 0.4) is 0 Å². The zero-order valence-electron chi connectivity index (χ0n) is 10.2. The summed E-state index contributed by atoms with van der Waals surface area (Å²) in [7, 11) is 0. The first-order valence-electron chi connectivity index (χ1n) is 6.06. The van der Waals surface area contributed by atoms with Crippen LogP contribution in [0.4, 0.5) is 5.69 Å². The van der Waals surface area contributed by atoms with Gasteiger partial charge in [0.1, 0.15) is 0 Å². The van der Waals surface area contributed by atoms with E-state index in [9.17, 15) is 0 Å². The second kappa shape index (κ2) is 4.87. The molecule has 0 aliphatic carbocycles. The van der Waals surface area contributed by atoms with E-state index >= 15 is 0 Å². The molecule has 1 fully saturated rings. The van der Waals surface area contributed by atoms with Crippen LogP contribution in [0.2, 0.25) is 0 Å². The maximum absolute atomic E-state index is 5.39. The van der Waals surface area contributed by atoms with Gasteiger partial charge in [-0.25, -0.2) is 0 Å². The maximum Gasteiger partial charge on any atom is 0.0726 e. The fourth-order valence-corrected chi connectivity index (χ4v) is 1.98. The Balaban J connectivity index is 1.86. The summed E-state index contributed by atoms with van der Waals surface area (Å²) >= 11 is 0. The van der Waals surface area contributed by atoms with Crippen molar-refractivity contribution in [2.75, 3.05) is 25.1 Å². The molecular formula is C12H21N3O. The molecule has 1 aliphatic heterocycles. The molecule has 4 nitrogen and oxygen atoms in total. The number of nitrogens with zero attached hydrogens (tertiary/aromatic N) is 2. The number of aryl methyl sites for hydroxylation is 1. The van der Waals surface area contributed by atoms with Crippen molar-refractivity contribution in [2.24, 2.45) is 5.41 Å². The fraction of sp³-hybridized carbons (Fsp3) is 0.750. The zero-order valence-corrected chi connectivity index (χ0v) is 10.2. The number of hydrogen-bond acceptors (Lipinski definition) is 3. The predicted molar refractivity (Wildman–Crippen MR) is 64.6 cm³/mol. The number of nitrogens with one attached hydrogen (secondary N) is 1. The van der Waals surface area contributed by atoms with Crippen molar-refractivity contribution >= 4 is 5.69 Å². The third-order valence-electron chi connectivity index (χ3n) is 3.38. The second-order valence-electron chi connectivity index (χ2n) is 4.86. The van der Waals surface area contributed by atoms with Gasteiger partial charge < -0.3 is 10.1 Å². The molecule has 0 saturated carbocycles. The molecule has 0 bridgehead atoms. The van der Waals surface area contributed by atoms with Crippen molar-refractivity contribution in [3.05, 3.63) is 12.4 Å². The van der Waals surface area contributed by atoms with E-state index in [1.807, 2.05) is 10.9 Å². The molecule has 1 aliphatic rings. The molecule has 1 aromatic rings. The highest BCUT2D eigenvalue weighted by Crippen LogP contribution is 2.29. The molecule has 0 aromatic carbocycles. The van der Waals surface area contributed by atoms with Gasteiger partial charge in [-0.05, 0) is 25.2 Å². The minimum absolute atomic E-state index is 0.368. The molecule has 1 aromatic heterocycles. The molecular weight excluding hydrogens is 202 g/mol. The average Bonchev–Trinajstić information content (AvgIpc) is 2.75. The van der Waals surface area contributed by atoms with Crippen LogP contribution in [0.5, 0.6) is 0 Å². The highest BCUT2D eigenvalue weighted by atomic mass is 16.5. The smallest absolute Gasteiger partial charge is 0.0726 e. The largest absolute Gasteiger partial charge is 0.382 e. The van der Waals surface area contributed by atoms with Gasteiger partial charge in [-0.3, -0.25) is 4.68 Å². The summed E-state index contributed by atoms with van der Waals surface area (Å²) in [5.41, 5.74) is 1.49. The number of anilines is 1. The topological polar surface area (TPSA) is 39.1 Å². The summed E-state index contributed by atoms with van der Waals surface area (Å²) < 4.78 is 7.33. The van der Waals surface area contributed by atoms with E-state index in [0.29, 0.717) is 5.41 Å². The third-order valence-corrected chi connectivity index (χ3v) is 3.38. The van der Waals surface area contributed by atoms with Crippen molar-refractivity contribution in [3.63, 3.8) is 0 Å². The van der Waals surface area contributed by atoms with Crippen molar-refractivity contribution < 1.29 is 4.74 Å². The number of hydrogen-bond donors (Lipinski definition) is 1. The van der Waals surface area contributed by atoms with Crippen molar-refractivity contribution in [1.29, 1.82) is 0 Å². The highest BCUT2D eigenvalue weighted by molar-refractivity contribution is 5.38. The summed E-state index contributed by atoms with van der Waals surface area (Å²) in [6, 6.07) is 0. The van der Waals surface area contributed by atoms with Crippen LogP contribution in [0.1, 0.15) is 26.7 Å². The van der Waals surface area contributed by atoms with E-state index in [2.05, 4.69) is 30.5 Å². The predicted octanol–water partition coefficient (Wildman–Crippen LogP) is 2.13. The van der Waals surface area contributed by atoms with Crippen LogP contribution in [-0.2, 0) is 11.3 Å². The number of ether oxygens (including phenoxy) is 1. The van der Waals surface area contributed by atoms with Gasteiger partial charge in [0.2, 0.25) is 0 Å². The molecule has 2 heterocycles. The Hall–Kier alpha value is -1.03. The van der Waals surface area contributed by atoms with E-state index < -0.39 is 0 Å². The normalized spacial score (nSPS) is 19.6. The first kappa shape index (κ1) is 11.5. The minimum Gasteiger partial charge on any atom is -0.382 e. The molecule has 0 amide bonds. The first-order chi connectivity index (χ1) is 7.72. The van der Waals surface area contributed by atoms with Crippen LogP contribution in [0.15, 0.2) is 12.4 Å². The van der Waals surface area contributed by atoms with Gasteiger partial charge in [0.05, 0.1) is 11.9 Å². The Bertz CT molecular complexity index is 329. The van der Waals surface area contributed by atoms with Gasteiger partial charge in [-0.1, -0.05) is 6.92 Å². The van der Waals surface area contributed by atoms with Gasteiger partial charge in [-0.2, -0.15) is 5.10 Å². The summed E-state index contributed by atoms with van der Waals surface area (Å²) in [6.07, 6.45) is 6.23. The SMILES string of the molecule is CCn1cc(NCC2(C)CCOCC2)cn1. The Morgan fingerprint density at radius 2 is 2.25 bits per heavy atom. The van der Waals surface area contributed by atoms with Crippen LogP contribution >= 0.6 is 0 Å². The zero-order chi connectivity index (χ0) is 11.4. The molecule has 4 heteroatoms. The lowest BCUT2D eigenvalue weighted by molar-refractivity contribution is 0.0300. The molecule has 16 heavy (non-hydrogen) atoms. The Morgan fingerprint density at radius 3 is 2.88 bits per heavy atom. The lowest BCUT2D eigenvalue weighted by atomic mass is 9.82. The summed E-state index contributed by atoms with van der Waals surface area (Å²) in [5, 5.41) is 7.72. The van der Waals surface area contributed by atoms with Crippen molar-refractivity contribution in [1.82, 2.24) is 9.78 Å². The van der Waals surface area contributed by atoms with Gasteiger partial charge in [0.15, 0.2) is 0 Å². The minimum atomic E-state index is 0.368. The molecule has 0 atom stereocenters. The molecule has 0 unspecified atom stereocenters. The van der Waals surface area contributed by atoms with Crippen molar-refractivity contribution in [3.8, 4) is 0 Å². The van der Waals surface area contributed by atoms with E-state index in [-0.39, 0.29) is 0 Å². The first-order valence-corrected chi connectivity index (χ1v) is 6.06. The maximum atomic E-state index is 5.39. The van der Waals surface area contributed by atoms with Gasteiger partial charge in [0, 0.05) is 32.5 Å². The highest BCUT2D eigenvalue weighted by Gasteiger charge is 2.26. The van der Waals surface area contributed by atoms with E-state index in [4.69, 9.17) is 4.74 Å². The monoisotopic (exact) mass is 223 g/mol. The average molecular weight is 223 g/mol. The van der Waals surface area contributed by atoms with Crippen molar-refractivity contribution in [2.45, 2.75) is 33.2 Å². The Kier molecular flexibility index (Phi) is 3.49. The summed E-state index contributed by atoms with van der Waals surface area (Å²) in [4.78, 5) is 0. The standard InChI is InChI=1S/C12H21N3O/c1-3-15-9-11(8-14-15)13-10-12(2)4-6-16-7-5-12/h8-9,13H,3-7,10H2,1-2H3. The van der Waals surface area contributed by atoms with Crippen LogP contribution < -0.4 is 5.32 Å². The van der Waals surface area contributed by atoms with Crippen LogP contribution in [0.25, 0.3) is 0 Å². The molecule has 1 N–H and O–H groups in total. The van der Waals surface area contributed by atoms with Crippen LogP contribution in [-0.4, -0.2) is 29.5 Å². The van der Waals surface area contributed by atoms with Gasteiger partial charge >= 0.3 is 0 Å². The molecule has 0 spiro atoms. The fourth-order valence-electron chi connectivity index (χ4n) is 1.98. The second-order valence-corrected chi connectivity index (χ2v) is 4.86. The van der Waals surface area contributed by atoms with Crippen LogP contribution in [0, 0.1) is 5.41 Å². The lowest BCUT2D eigenvalue weighted by Crippen LogP contribution is -2.33. The van der Waals surface area contributed by atoms with Gasteiger partial charge in [0.25, 0.3) is 0 Å². The molecule has 2 rings (SSSR count). The third kappa shape index (κ3) is 2.76. The Labute approximate surface area is 97.0 Å². The number of rotatable bonds is 4.